The van der Waals surface area contributed by atoms with E-state index in [4.69, 9.17) is 11.6 Å². The van der Waals surface area contributed by atoms with E-state index in [1.165, 1.54) is 18.2 Å². The second kappa shape index (κ2) is 10.5. The fourth-order valence-electron chi connectivity index (χ4n) is 2.77. The highest BCUT2D eigenvalue weighted by Gasteiger charge is 2.17. The number of benzene rings is 2. The predicted octanol–water partition coefficient (Wildman–Crippen LogP) is 3.85. The number of carbonyl (C=O) groups excluding carboxylic acids is 2. The molecule has 9 heteroatoms. The maximum absolute atomic E-state index is 12.4. The van der Waals surface area contributed by atoms with Crippen LogP contribution in [0, 0.1) is 17.0 Å². The third-order valence-corrected chi connectivity index (χ3v) is 4.44. The number of hydrogen-bond acceptors (Lipinski definition) is 5. The minimum absolute atomic E-state index is 0.00603. The minimum Gasteiger partial charge on any atom is -0.325 e. The predicted molar refractivity (Wildman–Crippen MR) is 113 cm³/mol. The highest BCUT2D eigenvalue weighted by molar-refractivity contribution is 6.32. The number of nitro groups is 1. The molecule has 0 aromatic heterocycles. The molecule has 0 unspecified atom stereocenters. The van der Waals surface area contributed by atoms with Crippen molar-refractivity contribution in [3.63, 3.8) is 0 Å². The Labute approximate surface area is 174 Å². The first-order chi connectivity index (χ1) is 13.8. The molecule has 2 aromatic carbocycles. The number of halogens is 1. The van der Waals surface area contributed by atoms with Crippen molar-refractivity contribution in [3.8, 4) is 0 Å². The van der Waals surface area contributed by atoms with Crippen LogP contribution in [0.4, 0.5) is 17.1 Å². The average Bonchev–Trinajstić information content (AvgIpc) is 2.65. The Balaban J connectivity index is 1.98. The molecule has 0 aliphatic carbocycles. The summed E-state index contributed by atoms with van der Waals surface area (Å²) in [4.78, 5) is 36.8. The van der Waals surface area contributed by atoms with E-state index in [9.17, 15) is 19.7 Å². The van der Waals surface area contributed by atoms with Crippen molar-refractivity contribution in [2.24, 2.45) is 0 Å². The summed E-state index contributed by atoms with van der Waals surface area (Å²) in [7, 11) is 0. The zero-order chi connectivity index (χ0) is 21.4. The molecule has 0 bridgehead atoms. The molecule has 0 aliphatic rings. The summed E-state index contributed by atoms with van der Waals surface area (Å²) in [6, 6.07) is 11.5. The number of hydrogen-bond donors (Lipinski definition) is 2. The monoisotopic (exact) mass is 418 g/mol. The standard InChI is InChI=1S/C20H23ClN4O4/c1-3-10-24(13-20(27)23-17-7-5-4-6-14(17)2)12-19(26)22-15-8-9-16(21)18(11-15)25(28)29/h4-9,11H,3,10,12-13H2,1-2H3,(H,22,26)(H,23,27). The molecule has 0 aliphatic heterocycles. The average molecular weight is 419 g/mol. The fourth-order valence-corrected chi connectivity index (χ4v) is 2.96. The molecule has 0 radical (unpaired) electrons. The molecule has 2 N–H and O–H groups in total. The maximum Gasteiger partial charge on any atom is 0.289 e. The van der Waals surface area contributed by atoms with Gasteiger partial charge in [0, 0.05) is 17.4 Å². The van der Waals surface area contributed by atoms with E-state index in [-0.39, 0.29) is 41.3 Å². The van der Waals surface area contributed by atoms with Gasteiger partial charge in [0.05, 0.1) is 18.0 Å². The SMILES string of the molecule is CCCN(CC(=O)Nc1ccc(Cl)c([N+](=O)[O-])c1)CC(=O)Nc1ccccc1C. The molecule has 2 aromatic rings. The first kappa shape index (κ1) is 22.3. The Morgan fingerprint density at radius 3 is 2.38 bits per heavy atom. The van der Waals surface area contributed by atoms with E-state index in [0.717, 1.165) is 17.7 Å². The van der Waals surface area contributed by atoms with Crippen LogP contribution in [-0.4, -0.2) is 41.3 Å². The first-order valence-corrected chi connectivity index (χ1v) is 9.49. The number of amides is 2. The van der Waals surface area contributed by atoms with Gasteiger partial charge in [-0.3, -0.25) is 24.6 Å². The zero-order valence-corrected chi connectivity index (χ0v) is 17.0. The molecule has 0 spiro atoms. The van der Waals surface area contributed by atoms with E-state index >= 15 is 0 Å². The number of rotatable bonds is 9. The highest BCUT2D eigenvalue weighted by atomic mass is 35.5. The maximum atomic E-state index is 12.4. The fraction of sp³-hybridized carbons (Fsp3) is 0.300. The summed E-state index contributed by atoms with van der Waals surface area (Å²) in [5.74, 6) is -0.596. The van der Waals surface area contributed by atoms with Crippen LogP contribution in [0.5, 0.6) is 0 Å². The van der Waals surface area contributed by atoms with Crippen molar-refractivity contribution in [1.29, 1.82) is 0 Å². The molecular formula is C20H23ClN4O4. The number of aryl methyl sites for hydroxylation is 1. The third kappa shape index (κ3) is 6.85. The molecule has 2 amide bonds. The van der Waals surface area contributed by atoms with Gasteiger partial charge < -0.3 is 10.6 Å². The quantitative estimate of drug-likeness (QED) is 0.475. The number of nitro benzene ring substituents is 1. The Morgan fingerprint density at radius 2 is 1.76 bits per heavy atom. The molecule has 2 rings (SSSR count). The molecule has 0 heterocycles. The Morgan fingerprint density at radius 1 is 1.10 bits per heavy atom. The van der Waals surface area contributed by atoms with Gasteiger partial charge in [-0.25, -0.2) is 0 Å². The van der Waals surface area contributed by atoms with Crippen LogP contribution in [0.2, 0.25) is 5.02 Å². The van der Waals surface area contributed by atoms with Crippen molar-refractivity contribution in [1.82, 2.24) is 4.90 Å². The van der Waals surface area contributed by atoms with Crippen LogP contribution < -0.4 is 10.6 Å². The second-order valence-electron chi connectivity index (χ2n) is 6.55. The molecule has 154 valence electrons. The van der Waals surface area contributed by atoms with Gasteiger partial charge >= 0.3 is 0 Å². The van der Waals surface area contributed by atoms with Gasteiger partial charge in [-0.2, -0.15) is 0 Å². The second-order valence-corrected chi connectivity index (χ2v) is 6.95. The highest BCUT2D eigenvalue weighted by Crippen LogP contribution is 2.27. The molecule has 0 saturated carbocycles. The van der Waals surface area contributed by atoms with Gasteiger partial charge in [-0.05, 0) is 43.7 Å². The molecule has 0 atom stereocenters. The van der Waals surface area contributed by atoms with E-state index in [0.29, 0.717) is 6.54 Å². The molecule has 0 saturated heterocycles. The zero-order valence-electron chi connectivity index (χ0n) is 16.3. The van der Waals surface area contributed by atoms with Crippen LogP contribution in [-0.2, 0) is 9.59 Å². The summed E-state index contributed by atoms with van der Waals surface area (Å²) in [6.45, 7) is 4.43. The van der Waals surface area contributed by atoms with Crippen LogP contribution in [0.25, 0.3) is 0 Å². The molecule has 0 fully saturated rings. The van der Waals surface area contributed by atoms with Crippen molar-refractivity contribution in [2.75, 3.05) is 30.3 Å². The molecular weight excluding hydrogens is 396 g/mol. The number of nitrogens with one attached hydrogen (secondary N) is 2. The normalized spacial score (nSPS) is 10.6. The lowest BCUT2D eigenvalue weighted by Crippen LogP contribution is -2.39. The van der Waals surface area contributed by atoms with Gasteiger partial charge in [0.25, 0.3) is 5.69 Å². The number of carbonyl (C=O) groups is 2. The van der Waals surface area contributed by atoms with Crippen LogP contribution in [0.15, 0.2) is 42.5 Å². The van der Waals surface area contributed by atoms with E-state index < -0.39 is 4.92 Å². The van der Waals surface area contributed by atoms with Crippen molar-refractivity contribution < 1.29 is 14.5 Å². The molecule has 29 heavy (non-hydrogen) atoms. The summed E-state index contributed by atoms with van der Waals surface area (Å²) >= 11 is 5.78. The summed E-state index contributed by atoms with van der Waals surface area (Å²) < 4.78 is 0. The number of para-hydroxylation sites is 1. The topological polar surface area (TPSA) is 105 Å². The Hall–Kier alpha value is -2.97. The largest absolute Gasteiger partial charge is 0.325 e. The van der Waals surface area contributed by atoms with E-state index in [2.05, 4.69) is 10.6 Å². The minimum atomic E-state index is -0.614. The van der Waals surface area contributed by atoms with Crippen LogP contribution in [0.3, 0.4) is 0 Å². The van der Waals surface area contributed by atoms with E-state index in [1.807, 2.05) is 38.1 Å². The van der Waals surface area contributed by atoms with Gasteiger partial charge in [0.15, 0.2) is 0 Å². The van der Waals surface area contributed by atoms with Crippen LogP contribution >= 0.6 is 11.6 Å². The summed E-state index contributed by atoms with van der Waals surface area (Å²) in [5, 5.41) is 16.4. The smallest absolute Gasteiger partial charge is 0.289 e. The number of anilines is 2. The first-order valence-electron chi connectivity index (χ1n) is 9.11. The lowest BCUT2D eigenvalue weighted by molar-refractivity contribution is -0.384. The Kier molecular flexibility index (Phi) is 8.11. The lowest BCUT2D eigenvalue weighted by atomic mass is 10.2. The van der Waals surface area contributed by atoms with Gasteiger partial charge in [-0.1, -0.05) is 36.7 Å². The molecule has 8 nitrogen and oxygen atoms in total. The van der Waals surface area contributed by atoms with Gasteiger partial charge in [0.1, 0.15) is 5.02 Å². The Bertz CT molecular complexity index is 904. The van der Waals surface area contributed by atoms with Gasteiger partial charge in [0.2, 0.25) is 11.8 Å². The summed E-state index contributed by atoms with van der Waals surface area (Å²) in [5.41, 5.74) is 1.66. The van der Waals surface area contributed by atoms with E-state index in [1.54, 1.807) is 4.90 Å². The van der Waals surface area contributed by atoms with Crippen molar-refractivity contribution in [2.45, 2.75) is 20.3 Å². The van der Waals surface area contributed by atoms with Crippen molar-refractivity contribution in [3.05, 3.63) is 63.2 Å². The summed E-state index contributed by atoms with van der Waals surface area (Å²) in [6.07, 6.45) is 0.761. The lowest BCUT2D eigenvalue weighted by Gasteiger charge is -2.21. The number of nitrogens with zero attached hydrogens (tertiary/aromatic N) is 2. The van der Waals surface area contributed by atoms with Gasteiger partial charge in [-0.15, -0.1) is 0 Å². The third-order valence-electron chi connectivity index (χ3n) is 4.12. The van der Waals surface area contributed by atoms with Crippen molar-refractivity contribution >= 4 is 40.5 Å². The van der Waals surface area contributed by atoms with Crippen LogP contribution in [0.1, 0.15) is 18.9 Å².